The lowest BCUT2D eigenvalue weighted by molar-refractivity contribution is -0.131. The van der Waals surface area contributed by atoms with Crippen molar-refractivity contribution in [3.05, 3.63) is 89.0 Å². The van der Waals surface area contributed by atoms with Crippen LogP contribution in [0.25, 0.3) is 0 Å². The predicted molar refractivity (Wildman–Crippen MR) is 148 cm³/mol. The Bertz CT molecular complexity index is 1310. The molecule has 1 fully saturated rings. The molecular weight excluding hydrogens is 486 g/mol. The lowest BCUT2D eigenvalue weighted by Crippen LogP contribution is -2.37. The number of rotatable bonds is 9. The van der Waals surface area contributed by atoms with Gasteiger partial charge in [-0.1, -0.05) is 54.1 Å². The Morgan fingerprint density at radius 3 is 2.32 bits per heavy atom. The number of nitrogens with zero attached hydrogens (tertiary/aromatic N) is 2. The van der Waals surface area contributed by atoms with Gasteiger partial charge in [-0.25, -0.2) is 0 Å². The summed E-state index contributed by atoms with van der Waals surface area (Å²) >= 11 is 5.79. The third-order valence-corrected chi connectivity index (χ3v) is 6.88. The number of nitrogens with one attached hydrogen (secondary N) is 1. The summed E-state index contributed by atoms with van der Waals surface area (Å²) in [6.07, 6.45) is -0.0229. The largest absolute Gasteiger partial charge is 0.493 e. The molecule has 3 aromatic carbocycles. The Labute approximate surface area is 223 Å². The molecule has 1 aliphatic rings. The Morgan fingerprint density at radius 2 is 1.65 bits per heavy atom. The lowest BCUT2D eigenvalue weighted by Gasteiger charge is -2.24. The minimum atomic E-state index is -0.727. The molecular formula is C29H31N3O4S. The molecule has 4 rings (SSSR count). The molecule has 0 aliphatic carbocycles. The van der Waals surface area contributed by atoms with Crippen molar-refractivity contribution in [2.24, 2.45) is 0 Å². The topological polar surface area (TPSA) is 71.1 Å². The van der Waals surface area contributed by atoms with Crippen LogP contribution in [-0.4, -0.2) is 47.0 Å². The molecule has 37 heavy (non-hydrogen) atoms. The fourth-order valence-corrected chi connectivity index (χ4v) is 4.84. The molecule has 192 valence electrons. The average Bonchev–Trinajstić information content (AvgIpc) is 3.10. The second-order valence-corrected chi connectivity index (χ2v) is 9.46. The molecule has 0 radical (unpaired) electrons. The SMILES string of the molecule is COc1ccc(CN2C(=S)N(Cc3ccccc3)C(=O)[C@@H]2CC(=O)Nc2ccc(C)cc2C)cc1OC. The number of amides is 2. The Kier molecular flexibility index (Phi) is 8.08. The van der Waals surface area contributed by atoms with Crippen molar-refractivity contribution in [3.8, 4) is 11.5 Å². The van der Waals surface area contributed by atoms with Crippen LogP contribution in [0.2, 0.25) is 0 Å². The van der Waals surface area contributed by atoms with Crippen LogP contribution in [0.3, 0.4) is 0 Å². The zero-order chi connectivity index (χ0) is 26.5. The second kappa shape index (κ2) is 11.4. The number of thiocarbonyl (C=S) groups is 1. The van der Waals surface area contributed by atoms with Crippen LogP contribution >= 0.6 is 12.2 Å². The van der Waals surface area contributed by atoms with Crippen molar-refractivity contribution in [3.63, 3.8) is 0 Å². The minimum Gasteiger partial charge on any atom is -0.493 e. The number of anilines is 1. The summed E-state index contributed by atoms with van der Waals surface area (Å²) in [5.41, 5.74) is 4.66. The first-order valence-electron chi connectivity index (χ1n) is 12.0. The molecule has 3 aromatic rings. The summed E-state index contributed by atoms with van der Waals surface area (Å²) in [6, 6.07) is 20.4. The highest BCUT2D eigenvalue weighted by Gasteiger charge is 2.43. The van der Waals surface area contributed by atoms with Gasteiger partial charge in [0.05, 0.1) is 27.2 Å². The van der Waals surface area contributed by atoms with Gasteiger partial charge in [-0.2, -0.15) is 0 Å². The van der Waals surface area contributed by atoms with E-state index in [1.54, 1.807) is 19.1 Å². The van der Waals surface area contributed by atoms with Crippen LogP contribution in [0.1, 0.15) is 28.7 Å². The van der Waals surface area contributed by atoms with Crippen LogP contribution < -0.4 is 14.8 Å². The van der Waals surface area contributed by atoms with E-state index in [-0.39, 0.29) is 18.2 Å². The molecule has 0 unspecified atom stereocenters. The van der Waals surface area contributed by atoms with Crippen LogP contribution in [-0.2, 0) is 22.7 Å². The van der Waals surface area contributed by atoms with Gasteiger partial charge in [0, 0.05) is 12.2 Å². The van der Waals surface area contributed by atoms with E-state index < -0.39 is 6.04 Å². The fraction of sp³-hybridized carbons (Fsp3) is 0.276. The van der Waals surface area contributed by atoms with E-state index in [0.717, 1.165) is 27.9 Å². The first-order valence-corrected chi connectivity index (χ1v) is 12.5. The Morgan fingerprint density at radius 1 is 0.919 bits per heavy atom. The molecule has 1 heterocycles. The molecule has 8 heteroatoms. The van der Waals surface area contributed by atoms with Gasteiger partial charge >= 0.3 is 0 Å². The molecule has 1 atom stereocenters. The second-order valence-electron chi connectivity index (χ2n) is 9.10. The standard InChI is InChI=1S/C29H31N3O4S/c1-19-10-12-23(20(2)14-19)30-27(33)16-24-28(34)32(17-21-8-6-5-7-9-21)29(37)31(24)18-22-11-13-25(35-3)26(15-22)36-4/h5-15,24H,16-18H2,1-4H3,(H,30,33)/t24-/m0/s1. The van der Waals surface area contributed by atoms with Crippen LogP contribution in [0, 0.1) is 13.8 Å². The van der Waals surface area contributed by atoms with E-state index in [2.05, 4.69) is 5.32 Å². The highest BCUT2D eigenvalue weighted by atomic mass is 32.1. The van der Waals surface area contributed by atoms with Crippen LogP contribution in [0.4, 0.5) is 5.69 Å². The molecule has 1 aliphatic heterocycles. The molecule has 0 aromatic heterocycles. The normalized spacial score (nSPS) is 15.2. The number of carbonyl (C=O) groups excluding carboxylic acids is 2. The maximum Gasteiger partial charge on any atom is 0.252 e. The fourth-order valence-electron chi connectivity index (χ4n) is 4.49. The van der Waals surface area contributed by atoms with Gasteiger partial charge < -0.3 is 19.7 Å². The first-order chi connectivity index (χ1) is 17.8. The highest BCUT2D eigenvalue weighted by molar-refractivity contribution is 7.80. The van der Waals surface area contributed by atoms with Gasteiger partial charge in [-0.05, 0) is 61.0 Å². The van der Waals surface area contributed by atoms with Crippen molar-refractivity contribution < 1.29 is 19.1 Å². The Hall–Kier alpha value is -3.91. The highest BCUT2D eigenvalue weighted by Crippen LogP contribution is 2.31. The zero-order valence-electron chi connectivity index (χ0n) is 21.5. The average molecular weight is 518 g/mol. The van der Waals surface area contributed by atoms with E-state index >= 15 is 0 Å². The number of carbonyl (C=O) groups is 2. The maximum absolute atomic E-state index is 13.6. The van der Waals surface area contributed by atoms with E-state index in [9.17, 15) is 9.59 Å². The van der Waals surface area contributed by atoms with Gasteiger partial charge in [0.15, 0.2) is 16.6 Å². The third-order valence-electron chi connectivity index (χ3n) is 6.42. The van der Waals surface area contributed by atoms with Crippen molar-refractivity contribution in [1.29, 1.82) is 0 Å². The number of hydrogen-bond acceptors (Lipinski definition) is 5. The Balaban J connectivity index is 1.59. The molecule has 1 saturated heterocycles. The summed E-state index contributed by atoms with van der Waals surface area (Å²) in [5.74, 6) is 0.764. The summed E-state index contributed by atoms with van der Waals surface area (Å²) in [5, 5.41) is 3.36. The predicted octanol–water partition coefficient (Wildman–Crippen LogP) is 4.85. The van der Waals surface area contributed by atoms with Crippen LogP contribution in [0.15, 0.2) is 66.7 Å². The van der Waals surface area contributed by atoms with Crippen LogP contribution in [0.5, 0.6) is 11.5 Å². The van der Waals surface area contributed by atoms with Gasteiger partial charge in [-0.15, -0.1) is 0 Å². The molecule has 0 spiro atoms. The molecule has 2 amide bonds. The summed E-state index contributed by atoms with van der Waals surface area (Å²) in [4.78, 5) is 30.1. The number of aryl methyl sites for hydroxylation is 2. The summed E-state index contributed by atoms with van der Waals surface area (Å²) in [6.45, 7) is 4.64. The van der Waals surface area contributed by atoms with E-state index in [1.165, 1.54) is 0 Å². The molecule has 7 nitrogen and oxygen atoms in total. The third kappa shape index (κ3) is 5.91. The summed E-state index contributed by atoms with van der Waals surface area (Å²) < 4.78 is 10.8. The summed E-state index contributed by atoms with van der Waals surface area (Å²) in [7, 11) is 3.16. The van der Waals surface area contributed by atoms with Crippen molar-refractivity contribution >= 4 is 34.8 Å². The number of hydrogen-bond donors (Lipinski definition) is 1. The van der Waals surface area contributed by atoms with E-state index in [1.807, 2.05) is 85.5 Å². The smallest absolute Gasteiger partial charge is 0.252 e. The first kappa shape index (κ1) is 26.2. The zero-order valence-corrected chi connectivity index (χ0v) is 22.3. The maximum atomic E-state index is 13.6. The van der Waals surface area contributed by atoms with E-state index in [4.69, 9.17) is 21.7 Å². The van der Waals surface area contributed by atoms with Gasteiger partial charge in [0.2, 0.25) is 5.91 Å². The number of benzene rings is 3. The lowest BCUT2D eigenvalue weighted by atomic mass is 10.1. The van der Waals surface area contributed by atoms with Crippen molar-refractivity contribution in [2.75, 3.05) is 19.5 Å². The molecule has 0 saturated carbocycles. The number of methoxy groups -OCH3 is 2. The molecule has 1 N–H and O–H groups in total. The van der Waals surface area contributed by atoms with Gasteiger partial charge in [0.1, 0.15) is 6.04 Å². The number of ether oxygens (including phenoxy) is 2. The van der Waals surface area contributed by atoms with Crippen molar-refractivity contribution in [2.45, 2.75) is 39.4 Å². The monoisotopic (exact) mass is 517 g/mol. The minimum absolute atomic E-state index is 0.0229. The van der Waals surface area contributed by atoms with Crippen molar-refractivity contribution in [1.82, 2.24) is 9.80 Å². The quantitative estimate of drug-likeness (QED) is 0.410. The molecule has 0 bridgehead atoms. The van der Waals surface area contributed by atoms with Gasteiger partial charge in [0.25, 0.3) is 5.91 Å². The van der Waals surface area contributed by atoms with Gasteiger partial charge in [-0.3, -0.25) is 14.5 Å². The van der Waals surface area contributed by atoms with E-state index in [0.29, 0.717) is 29.7 Å².